The van der Waals surface area contributed by atoms with Gasteiger partial charge in [0.1, 0.15) is 17.2 Å². The highest BCUT2D eigenvalue weighted by molar-refractivity contribution is 7.53. The molecule has 0 saturated carbocycles. The molecular formula is C19H16FO5PS. The third kappa shape index (κ3) is 4.45. The van der Waals surface area contributed by atoms with Gasteiger partial charge in [-0.3, -0.25) is 0 Å². The first-order valence-corrected chi connectivity index (χ1v) is 10.4. The maximum Gasteiger partial charge on any atom is 0.415 e. The molecule has 3 rings (SSSR count). The van der Waals surface area contributed by atoms with Crippen molar-refractivity contribution >= 4 is 35.0 Å². The number of rotatable bonds is 7. The van der Waals surface area contributed by atoms with Gasteiger partial charge in [-0.1, -0.05) is 36.9 Å². The van der Waals surface area contributed by atoms with E-state index in [1.807, 2.05) is 0 Å². The third-order valence-corrected chi connectivity index (χ3v) is 6.05. The fraction of sp³-hybridized carbons (Fsp3) is 0.105. The molecule has 1 N–H and O–H groups in total. The first kappa shape index (κ1) is 19.3. The zero-order valence-electron chi connectivity index (χ0n) is 14.1. The molecule has 1 aromatic heterocycles. The molecular weight excluding hydrogens is 390 g/mol. The number of alkyl halides is 1. The summed E-state index contributed by atoms with van der Waals surface area (Å²) in [6, 6.07) is 13.9. The van der Waals surface area contributed by atoms with E-state index in [-0.39, 0.29) is 17.9 Å². The number of halogens is 1. The minimum Gasteiger partial charge on any atom is -0.457 e. The van der Waals surface area contributed by atoms with E-state index in [0.29, 0.717) is 10.3 Å². The van der Waals surface area contributed by atoms with E-state index < -0.39 is 19.5 Å². The molecule has 5 nitrogen and oxygen atoms in total. The molecule has 0 saturated heterocycles. The Labute approximate surface area is 159 Å². The first-order chi connectivity index (χ1) is 12.9. The van der Waals surface area contributed by atoms with Gasteiger partial charge in [-0.2, -0.15) is 0 Å². The van der Waals surface area contributed by atoms with Crippen LogP contribution in [-0.2, 0) is 9.30 Å². The molecule has 0 bridgehead atoms. The van der Waals surface area contributed by atoms with Crippen LogP contribution < -0.4 is 4.52 Å². The third-order valence-electron chi connectivity index (χ3n) is 3.61. The predicted octanol–water partition coefficient (Wildman–Crippen LogP) is 5.48. The van der Waals surface area contributed by atoms with Gasteiger partial charge in [0.2, 0.25) is 5.91 Å². The number of carbonyl (C=O) groups excluding carboxylic acids is 1. The SMILES string of the molecule is C=CCOC(=O)c1cc2cc(C(F)P(=O)(O)Oc3ccccc3)ccc2s1. The normalized spacial score (nSPS) is 14.3. The van der Waals surface area contributed by atoms with E-state index in [9.17, 15) is 18.6 Å². The average Bonchev–Trinajstić information content (AvgIpc) is 3.09. The van der Waals surface area contributed by atoms with Gasteiger partial charge in [0, 0.05) is 10.3 Å². The van der Waals surface area contributed by atoms with E-state index in [0.717, 1.165) is 4.70 Å². The Morgan fingerprint density at radius 1 is 1.26 bits per heavy atom. The fourth-order valence-electron chi connectivity index (χ4n) is 2.38. The Morgan fingerprint density at radius 3 is 2.70 bits per heavy atom. The molecule has 0 aliphatic rings. The van der Waals surface area contributed by atoms with Gasteiger partial charge >= 0.3 is 13.6 Å². The smallest absolute Gasteiger partial charge is 0.415 e. The minimum atomic E-state index is -4.60. The summed E-state index contributed by atoms with van der Waals surface area (Å²) in [5.41, 5.74) is -0.00641. The zero-order valence-corrected chi connectivity index (χ0v) is 15.8. The van der Waals surface area contributed by atoms with Gasteiger partial charge in [0.25, 0.3) is 0 Å². The quantitative estimate of drug-likeness (QED) is 0.320. The van der Waals surface area contributed by atoms with E-state index in [4.69, 9.17) is 9.26 Å². The number of para-hydroxylation sites is 1. The Hall–Kier alpha value is -2.47. The van der Waals surface area contributed by atoms with Crippen molar-refractivity contribution in [1.29, 1.82) is 0 Å². The first-order valence-electron chi connectivity index (χ1n) is 7.93. The molecule has 0 amide bonds. The van der Waals surface area contributed by atoms with Gasteiger partial charge in [-0.05, 0) is 35.7 Å². The summed E-state index contributed by atoms with van der Waals surface area (Å²) in [6.45, 7) is 3.57. The lowest BCUT2D eigenvalue weighted by atomic mass is 10.2. The summed E-state index contributed by atoms with van der Waals surface area (Å²) in [5.74, 6) is -2.62. The van der Waals surface area contributed by atoms with Crippen molar-refractivity contribution in [3.05, 3.63) is 77.7 Å². The number of thiophene rings is 1. The van der Waals surface area contributed by atoms with Crippen molar-refractivity contribution in [3.8, 4) is 5.75 Å². The van der Waals surface area contributed by atoms with E-state index in [1.54, 1.807) is 30.3 Å². The molecule has 27 heavy (non-hydrogen) atoms. The number of carbonyl (C=O) groups is 1. The summed E-state index contributed by atoms with van der Waals surface area (Å²) in [4.78, 5) is 22.3. The Kier molecular flexibility index (Phi) is 5.75. The lowest BCUT2D eigenvalue weighted by Gasteiger charge is -2.17. The second-order valence-electron chi connectivity index (χ2n) is 5.60. The maximum atomic E-state index is 14.7. The van der Waals surface area contributed by atoms with Crippen molar-refractivity contribution in [2.24, 2.45) is 0 Å². The van der Waals surface area contributed by atoms with Crippen LogP contribution in [0.25, 0.3) is 10.1 Å². The maximum absolute atomic E-state index is 14.7. The van der Waals surface area contributed by atoms with Crippen LogP contribution in [0, 0.1) is 0 Å². The molecule has 2 atom stereocenters. The topological polar surface area (TPSA) is 72.8 Å². The molecule has 3 aromatic rings. The van der Waals surface area contributed by atoms with Crippen LogP contribution in [0.4, 0.5) is 4.39 Å². The molecule has 0 spiro atoms. The molecule has 2 unspecified atom stereocenters. The van der Waals surface area contributed by atoms with Crippen LogP contribution in [0.1, 0.15) is 21.1 Å². The van der Waals surface area contributed by atoms with Gasteiger partial charge in [0.15, 0.2) is 0 Å². The van der Waals surface area contributed by atoms with E-state index >= 15 is 0 Å². The van der Waals surface area contributed by atoms with Crippen LogP contribution in [0.5, 0.6) is 5.75 Å². The molecule has 8 heteroatoms. The lowest BCUT2D eigenvalue weighted by molar-refractivity contribution is 0.0555. The number of benzene rings is 2. The minimum absolute atomic E-state index is 0.00641. The Bertz CT molecular complexity index is 1020. The van der Waals surface area contributed by atoms with Crippen LogP contribution >= 0.6 is 18.9 Å². The Morgan fingerprint density at radius 2 is 2.00 bits per heavy atom. The van der Waals surface area contributed by atoms with Crippen LogP contribution in [-0.4, -0.2) is 17.5 Å². The molecule has 0 fully saturated rings. The number of hydrogen-bond acceptors (Lipinski definition) is 5. The molecule has 0 aliphatic heterocycles. The largest absolute Gasteiger partial charge is 0.457 e. The highest BCUT2D eigenvalue weighted by Crippen LogP contribution is 2.57. The standard InChI is InChI=1S/C19H16FO5PS/c1-2-10-24-19(21)17-12-14-11-13(8-9-16(14)27-17)18(20)26(22,23)25-15-6-4-3-5-7-15/h2-9,11-12,18H,1,10H2,(H,22,23). The van der Waals surface area contributed by atoms with Crippen molar-refractivity contribution in [2.45, 2.75) is 5.91 Å². The molecule has 0 aliphatic carbocycles. The Balaban J connectivity index is 1.84. The van der Waals surface area contributed by atoms with Crippen molar-refractivity contribution in [1.82, 2.24) is 0 Å². The number of ether oxygens (including phenoxy) is 1. The highest BCUT2D eigenvalue weighted by Gasteiger charge is 2.36. The van der Waals surface area contributed by atoms with Crippen LogP contribution in [0.3, 0.4) is 0 Å². The van der Waals surface area contributed by atoms with Crippen LogP contribution in [0.2, 0.25) is 0 Å². The summed E-state index contributed by atoms with van der Waals surface area (Å²) in [7, 11) is -4.60. The molecule has 140 valence electrons. The predicted molar refractivity (Wildman–Crippen MR) is 103 cm³/mol. The van der Waals surface area contributed by atoms with Crippen molar-refractivity contribution in [3.63, 3.8) is 0 Å². The molecule has 2 aromatic carbocycles. The zero-order chi connectivity index (χ0) is 19.4. The van der Waals surface area contributed by atoms with E-state index in [2.05, 4.69) is 6.58 Å². The van der Waals surface area contributed by atoms with Gasteiger partial charge < -0.3 is 14.2 Å². The highest BCUT2D eigenvalue weighted by atomic mass is 32.1. The van der Waals surface area contributed by atoms with Crippen LogP contribution in [0.15, 0.2) is 67.3 Å². The molecule has 0 radical (unpaired) electrons. The summed E-state index contributed by atoms with van der Waals surface area (Å²) < 4.78 is 37.7. The van der Waals surface area contributed by atoms with Gasteiger partial charge in [-0.25, -0.2) is 13.8 Å². The number of hydrogen-bond donors (Lipinski definition) is 1. The van der Waals surface area contributed by atoms with Crippen molar-refractivity contribution < 1.29 is 27.9 Å². The number of fused-ring (bicyclic) bond motifs is 1. The van der Waals surface area contributed by atoms with Gasteiger partial charge in [-0.15, -0.1) is 11.3 Å². The summed E-state index contributed by atoms with van der Waals surface area (Å²) in [5, 5.41) is 0.574. The summed E-state index contributed by atoms with van der Waals surface area (Å²) in [6.07, 6.45) is 1.46. The van der Waals surface area contributed by atoms with Gasteiger partial charge in [0.05, 0.1) is 0 Å². The second-order valence-corrected chi connectivity index (χ2v) is 8.45. The average molecular weight is 406 g/mol. The monoisotopic (exact) mass is 406 g/mol. The molecule has 1 heterocycles. The second kappa shape index (κ2) is 8.05. The number of esters is 1. The van der Waals surface area contributed by atoms with Crippen molar-refractivity contribution in [2.75, 3.05) is 6.61 Å². The lowest BCUT2D eigenvalue weighted by Crippen LogP contribution is -2.02. The summed E-state index contributed by atoms with van der Waals surface area (Å²) >= 11 is 1.19. The fourth-order valence-corrected chi connectivity index (χ4v) is 4.37. The van der Waals surface area contributed by atoms with E-state index in [1.165, 1.54) is 41.7 Å².